The molecule has 0 unspecified atom stereocenters. The largest absolute Gasteiger partial charge is 0.468 e. The minimum absolute atomic E-state index is 0.288. The summed E-state index contributed by atoms with van der Waals surface area (Å²) in [5.41, 5.74) is 6.44. The number of ether oxygens (including phenoxy) is 1. The summed E-state index contributed by atoms with van der Waals surface area (Å²) in [4.78, 5) is 35.7. The van der Waals surface area contributed by atoms with Gasteiger partial charge in [0.05, 0.1) is 0 Å². The quantitative estimate of drug-likeness (QED) is 0.591. The third-order valence-electron chi connectivity index (χ3n) is 6.22. The third-order valence-corrected chi connectivity index (χ3v) is 6.22. The standard InChI is InChI=1S/C23H23N5O4/c1-23-12-16(15-7-2-3-8-17(15)31-23)19(20(24)29)22(30)28(23)11-5-9-18-26-21(27-32-18)14-6-4-10-25-13-14/h2-4,6-8,10,13,16,19H,5,9,11-12H2,1H3,(H2,24,29)/t16-,19+,23-/m0/s1. The molecule has 0 radical (unpaired) electrons. The van der Waals surface area contributed by atoms with Crippen molar-refractivity contribution in [1.29, 1.82) is 0 Å². The number of aromatic nitrogens is 3. The first-order chi connectivity index (χ1) is 15.5. The van der Waals surface area contributed by atoms with Crippen LogP contribution >= 0.6 is 0 Å². The average molecular weight is 433 g/mol. The topological polar surface area (TPSA) is 124 Å². The zero-order valence-corrected chi connectivity index (χ0v) is 17.6. The number of likely N-dealkylation sites (tertiary alicyclic amines) is 1. The van der Waals surface area contributed by atoms with Crippen LogP contribution in [0, 0.1) is 5.92 Å². The predicted molar refractivity (Wildman–Crippen MR) is 113 cm³/mol. The molecule has 1 fully saturated rings. The summed E-state index contributed by atoms with van der Waals surface area (Å²) in [6.45, 7) is 2.26. The monoisotopic (exact) mass is 433 g/mol. The number of carbonyl (C=O) groups is 2. The average Bonchev–Trinajstić information content (AvgIpc) is 3.25. The fraction of sp³-hybridized carbons (Fsp3) is 0.348. The Bertz CT molecular complexity index is 1160. The van der Waals surface area contributed by atoms with Gasteiger partial charge in [-0.2, -0.15) is 4.98 Å². The van der Waals surface area contributed by atoms with Crippen LogP contribution in [0.1, 0.15) is 37.1 Å². The number of amides is 2. The summed E-state index contributed by atoms with van der Waals surface area (Å²) in [5, 5.41) is 4.00. The fourth-order valence-electron chi connectivity index (χ4n) is 4.74. The second-order valence-electron chi connectivity index (χ2n) is 8.35. The number of rotatable bonds is 6. The number of hydrogen-bond donors (Lipinski definition) is 1. The molecule has 2 aromatic heterocycles. The van der Waals surface area contributed by atoms with Gasteiger partial charge in [0.1, 0.15) is 11.7 Å². The molecule has 164 valence electrons. The lowest BCUT2D eigenvalue weighted by Crippen LogP contribution is -2.64. The molecular weight excluding hydrogens is 410 g/mol. The van der Waals surface area contributed by atoms with Crippen LogP contribution < -0.4 is 10.5 Å². The summed E-state index contributed by atoms with van der Waals surface area (Å²) in [7, 11) is 0. The molecule has 2 amide bonds. The van der Waals surface area contributed by atoms with Crippen LogP contribution in [0.4, 0.5) is 0 Å². The molecule has 4 heterocycles. The number of piperidine rings is 1. The molecule has 1 saturated heterocycles. The summed E-state index contributed by atoms with van der Waals surface area (Å²) < 4.78 is 11.6. The van der Waals surface area contributed by atoms with Gasteiger partial charge < -0.3 is 19.9 Å². The first kappa shape index (κ1) is 20.2. The Morgan fingerprint density at radius 1 is 1.28 bits per heavy atom. The van der Waals surface area contributed by atoms with E-state index >= 15 is 0 Å². The van der Waals surface area contributed by atoms with Gasteiger partial charge in [0.25, 0.3) is 0 Å². The molecule has 2 N–H and O–H groups in total. The van der Waals surface area contributed by atoms with Crippen molar-refractivity contribution in [1.82, 2.24) is 20.0 Å². The van der Waals surface area contributed by atoms with Crippen LogP contribution in [0.5, 0.6) is 5.75 Å². The lowest BCUT2D eigenvalue weighted by molar-refractivity contribution is -0.175. The molecule has 0 saturated carbocycles. The fourth-order valence-corrected chi connectivity index (χ4v) is 4.74. The Labute approximate surface area is 184 Å². The molecule has 3 aromatic rings. The summed E-state index contributed by atoms with van der Waals surface area (Å²) in [5.74, 6) is -0.476. The van der Waals surface area contributed by atoms with E-state index in [1.165, 1.54) is 0 Å². The number of fused-ring (bicyclic) bond motifs is 4. The SMILES string of the molecule is C[C@@]12C[C@@H](c3ccccc3O1)[C@H](C(N)=O)C(=O)N2CCCc1nc(-c2cccnc2)no1. The number of benzene rings is 1. The Hall–Kier alpha value is -3.75. The molecule has 32 heavy (non-hydrogen) atoms. The summed E-state index contributed by atoms with van der Waals surface area (Å²) in [6, 6.07) is 11.2. The van der Waals surface area contributed by atoms with Crippen LogP contribution in [0.25, 0.3) is 11.4 Å². The lowest BCUT2D eigenvalue weighted by Gasteiger charge is -2.52. The Kier molecular flexibility index (Phi) is 4.88. The highest BCUT2D eigenvalue weighted by atomic mass is 16.5. The molecule has 0 spiro atoms. The van der Waals surface area contributed by atoms with E-state index in [-0.39, 0.29) is 11.8 Å². The molecule has 2 aliphatic rings. The highest BCUT2D eigenvalue weighted by Crippen LogP contribution is 2.50. The highest BCUT2D eigenvalue weighted by molar-refractivity contribution is 6.01. The van der Waals surface area contributed by atoms with E-state index in [1.54, 1.807) is 23.4 Å². The van der Waals surface area contributed by atoms with Gasteiger partial charge in [0.15, 0.2) is 5.72 Å². The van der Waals surface area contributed by atoms with Gasteiger partial charge in [-0.05, 0) is 37.1 Å². The third kappa shape index (κ3) is 3.39. The van der Waals surface area contributed by atoms with Crippen LogP contribution in [0.15, 0.2) is 53.3 Å². The molecule has 9 nitrogen and oxygen atoms in total. The molecule has 5 rings (SSSR count). The van der Waals surface area contributed by atoms with E-state index in [1.807, 2.05) is 37.3 Å². The molecule has 1 aromatic carbocycles. The maximum Gasteiger partial charge on any atom is 0.238 e. The van der Waals surface area contributed by atoms with Gasteiger partial charge in [0, 0.05) is 43.3 Å². The van der Waals surface area contributed by atoms with E-state index in [2.05, 4.69) is 15.1 Å². The Morgan fingerprint density at radius 3 is 2.91 bits per heavy atom. The van der Waals surface area contributed by atoms with Gasteiger partial charge in [-0.1, -0.05) is 23.4 Å². The van der Waals surface area contributed by atoms with Crippen LogP contribution in [-0.2, 0) is 16.0 Å². The van der Waals surface area contributed by atoms with Gasteiger partial charge in [-0.3, -0.25) is 14.6 Å². The van der Waals surface area contributed by atoms with Crippen molar-refractivity contribution in [2.24, 2.45) is 11.7 Å². The first-order valence-corrected chi connectivity index (χ1v) is 10.6. The lowest BCUT2D eigenvalue weighted by atomic mass is 9.73. The summed E-state index contributed by atoms with van der Waals surface area (Å²) >= 11 is 0. The minimum Gasteiger partial charge on any atom is -0.468 e. The van der Waals surface area contributed by atoms with E-state index in [4.69, 9.17) is 15.0 Å². The molecular formula is C23H23N5O4. The second-order valence-corrected chi connectivity index (χ2v) is 8.35. The smallest absolute Gasteiger partial charge is 0.238 e. The maximum atomic E-state index is 13.3. The van der Waals surface area contributed by atoms with Crippen molar-refractivity contribution >= 4 is 11.8 Å². The number of nitrogens with zero attached hydrogens (tertiary/aromatic N) is 4. The molecule has 2 bridgehead atoms. The van der Waals surface area contributed by atoms with Gasteiger partial charge >= 0.3 is 0 Å². The van der Waals surface area contributed by atoms with E-state index < -0.39 is 17.6 Å². The van der Waals surface area contributed by atoms with Crippen LogP contribution in [0.2, 0.25) is 0 Å². The van der Waals surface area contributed by atoms with Crippen molar-refractivity contribution in [3.63, 3.8) is 0 Å². The number of nitrogens with two attached hydrogens (primary N) is 1. The van der Waals surface area contributed by atoms with Gasteiger partial charge in [0.2, 0.25) is 23.5 Å². The molecule has 9 heteroatoms. The maximum absolute atomic E-state index is 13.3. The zero-order chi connectivity index (χ0) is 22.3. The van der Waals surface area contributed by atoms with Crippen molar-refractivity contribution in [3.05, 3.63) is 60.2 Å². The van der Waals surface area contributed by atoms with Crippen molar-refractivity contribution in [3.8, 4) is 17.1 Å². The normalized spacial score (nSPS) is 24.0. The first-order valence-electron chi connectivity index (χ1n) is 10.6. The second kappa shape index (κ2) is 7.74. The van der Waals surface area contributed by atoms with E-state index in [0.717, 1.165) is 11.1 Å². The van der Waals surface area contributed by atoms with Crippen molar-refractivity contribution < 1.29 is 18.8 Å². The number of primary amides is 1. The number of para-hydroxylation sites is 1. The highest BCUT2D eigenvalue weighted by Gasteiger charge is 2.55. The van der Waals surface area contributed by atoms with Gasteiger partial charge in [-0.15, -0.1) is 0 Å². The Morgan fingerprint density at radius 2 is 2.12 bits per heavy atom. The molecule has 0 aliphatic carbocycles. The predicted octanol–water partition coefficient (Wildman–Crippen LogP) is 2.29. The number of aryl methyl sites for hydroxylation is 1. The Balaban J connectivity index is 1.33. The van der Waals surface area contributed by atoms with Crippen molar-refractivity contribution in [2.45, 2.75) is 37.8 Å². The number of pyridine rings is 1. The number of carbonyl (C=O) groups excluding carboxylic acids is 2. The van der Waals surface area contributed by atoms with Crippen LogP contribution in [0.3, 0.4) is 0 Å². The molecule has 3 atom stereocenters. The van der Waals surface area contributed by atoms with Crippen molar-refractivity contribution in [2.75, 3.05) is 6.54 Å². The minimum atomic E-state index is -0.909. The molecule has 2 aliphatic heterocycles. The summed E-state index contributed by atoms with van der Waals surface area (Å²) in [6.07, 6.45) is 4.90. The number of hydrogen-bond acceptors (Lipinski definition) is 7. The zero-order valence-electron chi connectivity index (χ0n) is 17.6. The van der Waals surface area contributed by atoms with Crippen LogP contribution in [-0.4, -0.2) is 44.1 Å². The van der Waals surface area contributed by atoms with Gasteiger partial charge in [-0.25, -0.2) is 0 Å². The van der Waals surface area contributed by atoms with E-state index in [9.17, 15) is 9.59 Å². The van der Waals surface area contributed by atoms with E-state index in [0.29, 0.717) is 43.3 Å².